The second-order valence-corrected chi connectivity index (χ2v) is 6.90. The Balaban J connectivity index is 0.00000128. The molecule has 1 aliphatic rings. The van der Waals surface area contributed by atoms with Gasteiger partial charge in [0.15, 0.2) is 0 Å². The van der Waals surface area contributed by atoms with Crippen LogP contribution in [0, 0.1) is 6.92 Å². The minimum Gasteiger partial charge on any atom is -0.107 e. The summed E-state index contributed by atoms with van der Waals surface area (Å²) in [6.45, 7) is 4.50. The molecule has 0 saturated heterocycles. The van der Waals surface area contributed by atoms with Gasteiger partial charge in [0, 0.05) is 0 Å². The predicted molar refractivity (Wildman–Crippen MR) is 82.5 cm³/mol. The normalized spacial score (nSPS) is 19.2. The fourth-order valence-corrected chi connectivity index (χ4v) is 4.29. The second kappa shape index (κ2) is 5.25. The van der Waals surface area contributed by atoms with Crippen LogP contribution in [0.15, 0.2) is 12.1 Å². The average Bonchev–Trinajstić information content (AvgIpc) is 2.43. The average molecular weight is 397 g/mol. The first-order valence-electron chi connectivity index (χ1n) is 5.23. The summed E-state index contributed by atoms with van der Waals surface area (Å²) in [6, 6.07) is 5.32. The Bertz CT molecular complexity index is 393. The smallest absolute Gasteiger partial charge is 0.107 e. The quantitative estimate of drug-likeness (QED) is 0.528. The molecular weight excluding hydrogens is 378 g/mol. The van der Waals surface area contributed by atoms with Crippen molar-refractivity contribution in [2.24, 2.45) is 0 Å². The van der Waals surface area contributed by atoms with Crippen LogP contribution in [-0.4, -0.2) is 40.2 Å². The summed E-state index contributed by atoms with van der Waals surface area (Å²) < 4.78 is 4.00. The number of fused-ring (bicyclic) bond motifs is 1. The van der Waals surface area contributed by atoms with Crippen molar-refractivity contribution < 1.29 is 0 Å². The number of halogens is 1. The molecule has 1 atom stereocenters. The molecule has 1 aliphatic heterocycles. The van der Waals surface area contributed by atoms with Gasteiger partial charge in [0.1, 0.15) is 0 Å². The van der Waals surface area contributed by atoms with E-state index in [1.54, 1.807) is 4.46 Å². The molecule has 1 aromatic carbocycles. The van der Waals surface area contributed by atoms with Crippen LogP contribution in [0.25, 0.3) is 0 Å². The Hall–Kier alpha value is 0.229. The molecule has 2 nitrogen and oxygen atoms in total. The van der Waals surface area contributed by atoms with Gasteiger partial charge in [0.2, 0.25) is 0 Å². The molecule has 1 heterocycles. The molecule has 0 aliphatic carbocycles. The fraction of sp³-hybridized carbons (Fsp3) is 0.500. The van der Waals surface area contributed by atoms with Gasteiger partial charge in [0.05, 0.1) is 0 Å². The molecule has 1 aromatic rings. The zero-order valence-electron chi connectivity index (χ0n) is 10.4. The van der Waals surface area contributed by atoms with Crippen LogP contribution >= 0.6 is 24.0 Å². The van der Waals surface area contributed by atoms with Crippen molar-refractivity contribution in [2.75, 3.05) is 26.0 Å². The summed E-state index contributed by atoms with van der Waals surface area (Å²) in [4.78, 5) is 2.20. The molecule has 0 spiro atoms. The van der Waals surface area contributed by atoms with E-state index in [-0.39, 0.29) is 24.0 Å². The number of hydrogen-bond donors (Lipinski definition) is 0. The standard InChI is InChI=1S/C12H18N2Se.HI/c1-8-6-10-9(2)14(5)15-12(10)7-11(8)13(3)4;/h6-7,9H,1-5H3;1H. The van der Waals surface area contributed by atoms with E-state index in [1.807, 2.05) is 0 Å². The van der Waals surface area contributed by atoms with Crippen LogP contribution in [0.4, 0.5) is 5.69 Å². The molecule has 0 fully saturated rings. The number of anilines is 1. The molecule has 0 N–H and O–H groups in total. The van der Waals surface area contributed by atoms with Gasteiger partial charge in [0.25, 0.3) is 0 Å². The van der Waals surface area contributed by atoms with E-state index >= 15 is 0 Å². The summed E-state index contributed by atoms with van der Waals surface area (Å²) in [5.41, 5.74) is 4.27. The minimum atomic E-state index is 0. The fourth-order valence-electron chi connectivity index (χ4n) is 2.02. The van der Waals surface area contributed by atoms with Crippen LogP contribution in [0.2, 0.25) is 0 Å². The summed E-state index contributed by atoms with van der Waals surface area (Å²) in [5.74, 6) is 0. The molecule has 90 valence electrons. The second-order valence-electron chi connectivity index (χ2n) is 4.38. The van der Waals surface area contributed by atoms with Gasteiger partial charge >= 0.3 is 98.4 Å². The molecule has 0 aromatic heterocycles. The van der Waals surface area contributed by atoms with E-state index in [1.165, 1.54) is 16.8 Å². The maximum Gasteiger partial charge on any atom is -0.107 e. The van der Waals surface area contributed by atoms with E-state index < -0.39 is 0 Å². The van der Waals surface area contributed by atoms with E-state index in [0.717, 1.165) is 0 Å². The van der Waals surface area contributed by atoms with Gasteiger partial charge in [-0.25, -0.2) is 0 Å². The minimum absolute atomic E-state index is 0. The van der Waals surface area contributed by atoms with Crippen molar-refractivity contribution in [3.8, 4) is 0 Å². The first-order chi connectivity index (χ1) is 7.00. The molecular formula is C12H19IN2Se. The number of benzene rings is 1. The van der Waals surface area contributed by atoms with Crippen molar-refractivity contribution in [1.82, 2.24) is 3.92 Å². The number of aryl methyl sites for hydroxylation is 1. The van der Waals surface area contributed by atoms with Crippen LogP contribution < -0.4 is 9.36 Å². The Morgan fingerprint density at radius 2 is 1.94 bits per heavy atom. The molecule has 0 amide bonds. The number of nitrogens with zero attached hydrogens (tertiary/aromatic N) is 2. The van der Waals surface area contributed by atoms with E-state index in [9.17, 15) is 0 Å². The zero-order valence-corrected chi connectivity index (χ0v) is 14.5. The summed E-state index contributed by atoms with van der Waals surface area (Å²) in [5, 5.41) is 0. The van der Waals surface area contributed by atoms with Crippen molar-refractivity contribution in [3.05, 3.63) is 23.3 Å². The van der Waals surface area contributed by atoms with E-state index in [4.69, 9.17) is 0 Å². The van der Waals surface area contributed by atoms with Gasteiger partial charge in [-0.1, -0.05) is 0 Å². The zero-order chi connectivity index (χ0) is 11.2. The van der Waals surface area contributed by atoms with E-state index in [2.05, 4.69) is 55.9 Å². The van der Waals surface area contributed by atoms with Crippen molar-refractivity contribution >= 4 is 49.3 Å². The van der Waals surface area contributed by atoms with Gasteiger partial charge in [-0.05, 0) is 0 Å². The van der Waals surface area contributed by atoms with E-state index in [0.29, 0.717) is 21.2 Å². The molecule has 0 radical (unpaired) electrons. The Morgan fingerprint density at radius 1 is 1.31 bits per heavy atom. The van der Waals surface area contributed by atoms with Crippen molar-refractivity contribution in [2.45, 2.75) is 19.9 Å². The topological polar surface area (TPSA) is 6.48 Å². The molecule has 2 rings (SSSR count). The molecule has 4 heteroatoms. The van der Waals surface area contributed by atoms with Gasteiger partial charge in [-0.3, -0.25) is 0 Å². The summed E-state index contributed by atoms with van der Waals surface area (Å²) in [6.07, 6.45) is 0. The van der Waals surface area contributed by atoms with Gasteiger partial charge in [-0.15, -0.1) is 24.0 Å². The summed E-state index contributed by atoms with van der Waals surface area (Å²) in [7, 11) is 6.45. The van der Waals surface area contributed by atoms with Gasteiger partial charge in [-0.2, -0.15) is 0 Å². The third-order valence-electron chi connectivity index (χ3n) is 3.05. The molecule has 16 heavy (non-hydrogen) atoms. The summed E-state index contributed by atoms with van der Waals surface area (Å²) >= 11 is 0.507. The maximum absolute atomic E-state index is 2.45. The Kier molecular flexibility index (Phi) is 4.69. The Labute approximate surface area is 122 Å². The molecule has 0 saturated carbocycles. The van der Waals surface area contributed by atoms with Crippen LogP contribution in [0.5, 0.6) is 0 Å². The van der Waals surface area contributed by atoms with Crippen LogP contribution in [0.1, 0.15) is 24.1 Å². The molecule has 0 bridgehead atoms. The third-order valence-corrected chi connectivity index (χ3v) is 5.47. The largest absolute Gasteiger partial charge is 0.107 e. The monoisotopic (exact) mass is 398 g/mol. The van der Waals surface area contributed by atoms with Crippen molar-refractivity contribution in [1.29, 1.82) is 0 Å². The van der Waals surface area contributed by atoms with Crippen molar-refractivity contribution in [3.63, 3.8) is 0 Å². The maximum atomic E-state index is 2.45. The number of hydrogen-bond acceptors (Lipinski definition) is 2. The number of rotatable bonds is 1. The Morgan fingerprint density at radius 3 is 2.50 bits per heavy atom. The SMILES string of the molecule is Cc1cc2c(cc1N(C)C)[Se]N(C)C2C.I. The predicted octanol–water partition coefficient (Wildman–Crippen LogP) is 1.93. The third kappa shape index (κ3) is 2.40. The first-order valence-corrected chi connectivity index (χ1v) is 6.85. The first kappa shape index (κ1) is 14.3. The van der Waals surface area contributed by atoms with Gasteiger partial charge < -0.3 is 0 Å². The van der Waals surface area contributed by atoms with Crippen LogP contribution in [-0.2, 0) is 0 Å². The molecule has 1 unspecified atom stereocenters. The van der Waals surface area contributed by atoms with Crippen LogP contribution in [0.3, 0.4) is 0 Å².